The second-order valence-electron chi connectivity index (χ2n) is 7.50. The zero-order valence-corrected chi connectivity index (χ0v) is 17.3. The van der Waals surface area contributed by atoms with E-state index in [1.807, 2.05) is 61.5 Å². The van der Waals surface area contributed by atoms with Crippen LogP contribution < -0.4 is 5.73 Å². The van der Waals surface area contributed by atoms with E-state index in [4.69, 9.17) is 17.3 Å². The van der Waals surface area contributed by atoms with Crippen molar-refractivity contribution in [1.29, 1.82) is 0 Å². The molecule has 0 unspecified atom stereocenters. The summed E-state index contributed by atoms with van der Waals surface area (Å²) in [7, 11) is 0. The molecule has 0 aliphatic heterocycles. The molecular formula is C24H30ClNO2. The van der Waals surface area contributed by atoms with Gasteiger partial charge in [0.25, 0.3) is 0 Å². The number of rotatable bonds is 7. The fourth-order valence-corrected chi connectivity index (χ4v) is 4.24. The maximum absolute atomic E-state index is 11.2. The molecule has 2 aromatic rings. The summed E-state index contributed by atoms with van der Waals surface area (Å²) in [6.07, 6.45) is 6.64. The van der Waals surface area contributed by atoms with E-state index in [1.165, 1.54) is 5.56 Å². The minimum atomic E-state index is -0.730. The molecule has 28 heavy (non-hydrogen) atoms. The van der Waals surface area contributed by atoms with E-state index in [-0.39, 0.29) is 17.9 Å². The van der Waals surface area contributed by atoms with Crippen LogP contribution in [0.4, 0.5) is 0 Å². The molecule has 0 heterocycles. The Morgan fingerprint density at radius 3 is 2.57 bits per heavy atom. The summed E-state index contributed by atoms with van der Waals surface area (Å²) in [6, 6.07) is 16.1. The molecule has 0 saturated carbocycles. The smallest absolute Gasteiger partial charge is 0.304 e. The van der Waals surface area contributed by atoms with Gasteiger partial charge in [0.1, 0.15) is 0 Å². The van der Waals surface area contributed by atoms with Crippen LogP contribution in [0.2, 0.25) is 5.02 Å². The summed E-state index contributed by atoms with van der Waals surface area (Å²) in [5.41, 5.74) is 8.85. The molecule has 4 heteroatoms. The lowest BCUT2D eigenvalue weighted by atomic mass is 9.75. The molecule has 0 bridgehead atoms. The molecule has 150 valence electrons. The van der Waals surface area contributed by atoms with Crippen molar-refractivity contribution in [1.82, 2.24) is 0 Å². The van der Waals surface area contributed by atoms with E-state index >= 15 is 0 Å². The molecule has 0 aromatic heterocycles. The van der Waals surface area contributed by atoms with Crippen LogP contribution in [0.15, 0.2) is 61.2 Å². The molecule has 3 nitrogen and oxygen atoms in total. The van der Waals surface area contributed by atoms with Crippen molar-refractivity contribution >= 4 is 17.6 Å². The third-order valence-corrected chi connectivity index (χ3v) is 5.78. The number of nitrogens with two attached hydrogens (primary N) is 1. The minimum absolute atomic E-state index is 0.159. The van der Waals surface area contributed by atoms with Gasteiger partial charge < -0.3 is 10.8 Å². The molecule has 0 spiro atoms. The van der Waals surface area contributed by atoms with Gasteiger partial charge in [0, 0.05) is 16.5 Å². The molecular weight excluding hydrogens is 370 g/mol. The summed E-state index contributed by atoms with van der Waals surface area (Å²) in [6.45, 7) is 5.71. The molecule has 0 fully saturated rings. The van der Waals surface area contributed by atoms with Crippen molar-refractivity contribution in [2.75, 3.05) is 0 Å². The monoisotopic (exact) mass is 399 g/mol. The summed E-state index contributed by atoms with van der Waals surface area (Å²) in [4.78, 5) is 11.2. The second kappa shape index (κ2) is 10.4. The minimum Gasteiger partial charge on any atom is -0.481 e. The topological polar surface area (TPSA) is 63.3 Å². The first-order valence-corrected chi connectivity index (χ1v) is 10.2. The molecule has 2 atom stereocenters. The lowest BCUT2D eigenvalue weighted by Gasteiger charge is -2.29. The molecule has 0 saturated heterocycles. The highest BCUT2D eigenvalue weighted by molar-refractivity contribution is 6.31. The average Bonchev–Trinajstić information content (AvgIpc) is 3.02. The van der Waals surface area contributed by atoms with Crippen LogP contribution in [0.25, 0.3) is 0 Å². The van der Waals surface area contributed by atoms with Gasteiger partial charge in [0.2, 0.25) is 0 Å². The van der Waals surface area contributed by atoms with Crippen LogP contribution in [0.5, 0.6) is 0 Å². The fraction of sp³-hybridized carbons (Fsp3) is 0.375. The van der Waals surface area contributed by atoms with Crippen molar-refractivity contribution in [3.63, 3.8) is 0 Å². The van der Waals surface area contributed by atoms with Crippen LogP contribution in [-0.2, 0) is 16.6 Å². The van der Waals surface area contributed by atoms with E-state index in [0.29, 0.717) is 0 Å². The SMILES string of the molecule is C=CCCC[C@]1(CC(=O)O)CCc2c(Cl)cccc21.C[C@@H](N)c1ccccc1. The van der Waals surface area contributed by atoms with Crippen LogP contribution in [0, 0.1) is 0 Å². The van der Waals surface area contributed by atoms with Gasteiger partial charge in [-0.25, -0.2) is 0 Å². The van der Waals surface area contributed by atoms with Crippen molar-refractivity contribution < 1.29 is 9.90 Å². The number of fused-ring (bicyclic) bond motifs is 1. The first-order chi connectivity index (χ1) is 13.4. The molecule has 3 N–H and O–H groups in total. The molecule has 0 radical (unpaired) electrons. The standard InChI is InChI=1S/C16H19ClO2.C8H11N/c1-2-3-4-9-16(11-15(18)19)10-8-12-13(16)6-5-7-14(12)17;1-7(9)8-5-3-2-4-6-8/h2,5-7H,1,3-4,8-11H2,(H,18,19);2-7H,9H2,1H3/t16-;7-/m11/s1. The van der Waals surface area contributed by atoms with E-state index in [9.17, 15) is 9.90 Å². The third-order valence-electron chi connectivity index (χ3n) is 5.42. The number of carboxylic acid groups (broad SMARTS) is 1. The Kier molecular flexibility index (Phi) is 8.28. The number of aliphatic carboxylic acids is 1. The van der Waals surface area contributed by atoms with E-state index in [0.717, 1.165) is 48.3 Å². The van der Waals surface area contributed by atoms with Crippen LogP contribution in [0.1, 0.15) is 61.8 Å². The molecule has 3 rings (SSSR count). The van der Waals surface area contributed by atoms with Crippen molar-refractivity contribution in [3.8, 4) is 0 Å². The zero-order valence-electron chi connectivity index (χ0n) is 16.5. The van der Waals surface area contributed by atoms with E-state index in [1.54, 1.807) is 0 Å². The van der Waals surface area contributed by atoms with Gasteiger partial charge in [-0.05, 0) is 61.8 Å². The van der Waals surface area contributed by atoms with Crippen LogP contribution >= 0.6 is 11.6 Å². The van der Waals surface area contributed by atoms with Gasteiger partial charge in [0.15, 0.2) is 0 Å². The number of allylic oxidation sites excluding steroid dienone is 1. The predicted octanol–water partition coefficient (Wildman–Crippen LogP) is 6.06. The first kappa shape index (κ1) is 22.2. The number of benzene rings is 2. The summed E-state index contributed by atoms with van der Waals surface area (Å²) < 4.78 is 0. The van der Waals surface area contributed by atoms with Crippen molar-refractivity contribution in [3.05, 3.63) is 82.9 Å². The maximum Gasteiger partial charge on any atom is 0.304 e. The van der Waals surface area contributed by atoms with Crippen molar-refractivity contribution in [2.24, 2.45) is 5.73 Å². The number of carboxylic acids is 1. The summed E-state index contributed by atoms with van der Waals surface area (Å²) in [5.74, 6) is -0.730. The van der Waals surface area contributed by atoms with E-state index < -0.39 is 5.97 Å². The lowest BCUT2D eigenvalue weighted by Crippen LogP contribution is -2.26. The number of carbonyl (C=O) groups is 1. The van der Waals surface area contributed by atoms with Gasteiger partial charge >= 0.3 is 5.97 Å². The largest absolute Gasteiger partial charge is 0.481 e. The van der Waals surface area contributed by atoms with Gasteiger partial charge in [-0.2, -0.15) is 0 Å². The van der Waals surface area contributed by atoms with Gasteiger partial charge in [-0.3, -0.25) is 4.79 Å². The number of halogens is 1. The Morgan fingerprint density at radius 2 is 2.00 bits per heavy atom. The van der Waals surface area contributed by atoms with E-state index in [2.05, 4.69) is 6.58 Å². The van der Waals surface area contributed by atoms with Gasteiger partial charge in [0.05, 0.1) is 6.42 Å². The molecule has 1 aliphatic carbocycles. The molecule has 1 aliphatic rings. The predicted molar refractivity (Wildman–Crippen MR) is 117 cm³/mol. The second-order valence-corrected chi connectivity index (χ2v) is 7.90. The number of hydrogen-bond donors (Lipinski definition) is 2. The lowest BCUT2D eigenvalue weighted by molar-refractivity contribution is -0.138. The zero-order chi connectivity index (χ0) is 20.6. The highest BCUT2D eigenvalue weighted by Crippen LogP contribution is 2.47. The summed E-state index contributed by atoms with van der Waals surface area (Å²) in [5, 5.41) is 10.0. The van der Waals surface area contributed by atoms with Crippen LogP contribution in [0.3, 0.4) is 0 Å². The third kappa shape index (κ3) is 5.70. The normalized spacial score (nSPS) is 18.5. The van der Waals surface area contributed by atoms with Crippen molar-refractivity contribution in [2.45, 2.75) is 56.9 Å². The Hall–Kier alpha value is -2.10. The van der Waals surface area contributed by atoms with Gasteiger partial charge in [-0.15, -0.1) is 6.58 Å². The highest BCUT2D eigenvalue weighted by Gasteiger charge is 2.40. The maximum atomic E-state index is 11.2. The average molecular weight is 400 g/mol. The fourth-order valence-electron chi connectivity index (χ4n) is 3.97. The Bertz CT molecular complexity index is 788. The highest BCUT2D eigenvalue weighted by atomic mass is 35.5. The number of hydrogen-bond acceptors (Lipinski definition) is 2. The molecule has 0 amide bonds. The number of unbranched alkanes of at least 4 members (excludes halogenated alkanes) is 1. The van der Waals surface area contributed by atoms with Crippen LogP contribution in [-0.4, -0.2) is 11.1 Å². The molecule has 2 aromatic carbocycles. The first-order valence-electron chi connectivity index (χ1n) is 9.81. The Labute approximate surface area is 173 Å². The summed E-state index contributed by atoms with van der Waals surface area (Å²) >= 11 is 6.23. The quantitative estimate of drug-likeness (QED) is 0.439. The van der Waals surface area contributed by atoms with Gasteiger partial charge in [-0.1, -0.05) is 60.1 Å². The Balaban J connectivity index is 0.000000261. The Morgan fingerprint density at radius 1 is 1.29 bits per heavy atom.